The summed E-state index contributed by atoms with van der Waals surface area (Å²) in [5.74, 6) is -0.857. The Bertz CT molecular complexity index is 188. The maximum absolute atomic E-state index is 11.4. The molecule has 11 heavy (non-hydrogen) atoms. The van der Waals surface area contributed by atoms with Crippen molar-refractivity contribution in [1.82, 2.24) is 0 Å². The first-order valence-corrected chi connectivity index (χ1v) is 4.38. The highest BCUT2D eigenvalue weighted by molar-refractivity contribution is 8.42. The monoisotopic (exact) mass is 198 g/mol. The van der Waals surface area contributed by atoms with E-state index in [-0.39, 0.29) is 0 Å². The molecule has 0 saturated carbocycles. The minimum atomic E-state index is -9.69. The lowest BCUT2D eigenvalue weighted by Gasteiger charge is -2.39. The Morgan fingerprint density at radius 3 is 1.64 bits per heavy atom. The molecule has 0 heterocycles. The molecule has 0 aromatic rings. The highest BCUT2D eigenvalue weighted by atomic mass is 32.5. The van der Waals surface area contributed by atoms with Gasteiger partial charge in [0.1, 0.15) is 5.76 Å². The Kier molecular flexibility index (Phi) is 1.75. The van der Waals surface area contributed by atoms with Gasteiger partial charge in [0.2, 0.25) is 0 Å². The summed E-state index contributed by atoms with van der Waals surface area (Å²) in [4.78, 5) is 0. The van der Waals surface area contributed by atoms with Gasteiger partial charge in [-0.2, -0.15) is 0 Å². The van der Waals surface area contributed by atoms with Crippen LogP contribution in [0.5, 0.6) is 0 Å². The summed E-state index contributed by atoms with van der Waals surface area (Å²) in [5, 5.41) is 0. The fourth-order valence-corrected chi connectivity index (χ4v) is 0.890. The fraction of sp³-hybridized carbons (Fsp3) is 0.500. The van der Waals surface area contributed by atoms with Crippen molar-refractivity contribution in [3.63, 3.8) is 0 Å². The molecule has 0 spiro atoms. The van der Waals surface area contributed by atoms with Crippen molar-refractivity contribution in [2.24, 2.45) is 0 Å². The molecule has 0 amide bonds. The zero-order chi connectivity index (χ0) is 9.40. The molecule has 0 aliphatic heterocycles. The highest BCUT2D eigenvalue weighted by Crippen LogP contribution is 2.99. The van der Waals surface area contributed by atoms with Crippen LogP contribution in [0.1, 0.15) is 13.8 Å². The van der Waals surface area contributed by atoms with Crippen LogP contribution in [-0.4, -0.2) is 0 Å². The van der Waals surface area contributed by atoms with Crippen LogP contribution in [0, 0.1) is 0 Å². The van der Waals surface area contributed by atoms with Gasteiger partial charge in [-0.15, -0.1) is 0 Å². The van der Waals surface area contributed by atoms with E-state index in [0.29, 0.717) is 0 Å². The molecule has 0 aromatic heterocycles. The predicted molar refractivity (Wildman–Crippen MR) is 33.6 cm³/mol. The Morgan fingerprint density at radius 2 is 1.55 bits per heavy atom. The molecule has 0 unspecified atom stereocenters. The van der Waals surface area contributed by atoms with Crippen LogP contribution in [0.4, 0.5) is 19.4 Å². The smallest absolute Gasteiger partial charge is 0.360 e. The second kappa shape index (κ2) is 1.82. The van der Waals surface area contributed by atoms with Gasteiger partial charge in [-0.1, -0.05) is 19.4 Å². The van der Waals surface area contributed by atoms with Crippen molar-refractivity contribution >= 4 is 10.5 Å². The van der Waals surface area contributed by atoms with Crippen molar-refractivity contribution < 1.29 is 23.6 Å². The summed E-state index contributed by atoms with van der Waals surface area (Å²) in [6.07, 6.45) is 0.803. The first kappa shape index (κ1) is 10.5. The average molecular weight is 198 g/mol. The van der Waals surface area contributed by atoms with Crippen LogP contribution >= 0.6 is 10.5 Å². The predicted octanol–water partition coefficient (Wildman–Crippen LogP) is 4.14. The van der Waals surface area contributed by atoms with Gasteiger partial charge in [-0.25, -0.2) is 0 Å². The molecule has 0 bridgehead atoms. The molecule has 0 aromatic carbocycles. The Hall–Kier alpha value is -0.460. The normalized spacial score (nSPS) is 20.5. The molecular weight excluding hydrogens is 191 g/mol. The maximum atomic E-state index is 11.4. The number of halogens is 5. The van der Waals surface area contributed by atoms with E-state index >= 15 is 0 Å². The SMILES string of the molecule is C/C=C(\C)OS(F)(F)(F)(F)F. The highest BCUT2D eigenvalue weighted by Gasteiger charge is 2.67. The van der Waals surface area contributed by atoms with E-state index in [4.69, 9.17) is 0 Å². The fourth-order valence-electron chi connectivity index (χ4n) is 0.297. The molecule has 0 aliphatic rings. The molecule has 0 N–H and O–H groups in total. The third-order valence-electron chi connectivity index (χ3n) is 0.695. The second-order valence-corrected chi connectivity index (χ2v) is 3.84. The van der Waals surface area contributed by atoms with Crippen LogP contribution in [-0.2, 0) is 4.18 Å². The molecule has 0 atom stereocenters. The molecule has 1 nitrogen and oxygen atoms in total. The summed E-state index contributed by atoms with van der Waals surface area (Å²) in [6, 6.07) is 0. The molecular formula is C4H7F5OS. The quantitative estimate of drug-likeness (QED) is 0.478. The lowest BCUT2D eigenvalue weighted by atomic mass is 10.5. The summed E-state index contributed by atoms with van der Waals surface area (Å²) in [7, 11) is -9.69. The van der Waals surface area contributed by atoms with E-state index in [9.17, 15) is 19.4 Å². The van der Waals surface area contributed by atoms with Crippen molar-refractivity contribution in [2.75, 3.05) is 0 Å². The van der Waals surface area contributed by atoms with Crippen LogP contribution in [0.2, 0.25) is 0 Å². The van der Waals surface area contributed by atoms with Crippen LogP contribution in [0.15, 0.2) is 11.8 Å². The largest absolute Gasteiger partial charge is 0.435 e. The summed E-state index contributed by atoms with van der Waals surface area (Å²) in [5.41, 5.74) is 0. The van der Waals surface area contributed by atoms with Crippen LogP contribution in [0.3, 0.4) is 0 Å². The van der Waals surface area contributed by atoms with Gasteiger partial charge in [-0.05, 0) is 19.9 Å². The van der Waals surface area contributed by atoms with Gasteiger partial charge in [-0.3, -0.25) is 0 Å². The van der Waals surface area contributed by atoms with Gasteiger partial charge in [0.25, 0.3) is 0 Å². The van der Waals surface area contributed by atoms with Crippen LogP contribution < -0.4 is 0 Å². The molecule has 7 heteroatoms. The third-order valence-corrected chi connectivity index (χ3v) is 1.27. The Labute approximate surface area is 60.8 Å². The first-order valence-electron chi connectivity index (χ1n) is 2.51. The Balaban J connectivity index is 4.65. The molecule has 0 radical (unpaired) electrons. The van der Waals surface area contributed by atoms with Gasteiger partial charge in [0, 0.05) is 0 Å². The van der Waals surface area contributed by atoms with E-state index in [1.54, 1.807) is 0 Å². The zero-order valence-corrected chi connectivity index (χ0v) is 6.60. The number of allylic oxidation sites excluding steroid dienone is 2. The van der Waals surface area contributed by atoms with E-state index in [1.807, 2.05) is 0 Å². The van der Waals surface area contributed by atoms with E-state index in [0.717, 1.165) is 13.0 Å². The molecule has 0 aliphatic carbocycles. The maximum Gasteiger partial charge on any atom is 0.435 e. The molecule has 0 fully saturated rings. The minimum Gasteiger partial charge on any atom is -0.360 e. The van der Waals surface area contributed by atoms with Gasteiger partial charge >= 0.3 is 10.5 Å². The zero-order valence-electron chi connectivity index (χ0n) is 5.78. The number of hydrogen-bond acceptors (Lipinski definition) is 1. The lowest BCUT2D eigenvalue weighted by molar-refractivity contribution is 0.199. The van der Waals surface area contributed by atoms with Crippen molar-refractivity contribution in [3.8, 4) is 0 Å². The van der Waals surface area contributed by atoms with Crippen LogP contribution in [0.25, 0.3) is 0 Å². The summed E-state index contributed by atoms with van der Waals surface area (Å²) in [6.45, 7) is 1.97. The Morgan fingerprint density at radius 1 is 1.18 bits per heavy atom. The van der Waals surface area contributed by atoms with Crippen molar-refractivity contribution in [1.29, 1.82) is 0 Å². The number of hydrogen-bond donors (Lipinski definition) is 0. The van der Waals surface area contributed by atoms with E-state index in [1.165, 1.54) is 6.92 Å². The standard InChI is InChI=1S/C4H7F5OS/c1-3-4(2)10-11(5,6,7,8)9/h3H,1-2H3/b4-3+. The van der Waals surface area contributed by atoms with E-state index in [2.05, 4.69) is 4.18 Å². The van der Waals surface area contributed by atoms with E-state index < -0.39 is 16.3 Å². The first-order chi connectivity index (χ1) is 4.43. The summed E-state index contributed by atoms with van der Waals surface area (Å²) < 4.78 is 59.6. The lowest BCUT2D eigenvalue weighted by Crippen LogP contribution is -2.08. The summed E-state index contributed by atoms with van der Waals surface area (Å²) >= 11 is 0. The molecule has 0 saturated heterocycles. The van der Waals surface area contributed by atoms with Crippen molar-refractivity contribution in [3.05, 3.63) is 11.8 Å². The molecule has 0 rings (SSSR count). The third kappa shape index (κ3) is 7.44. The average Bonchev–Trinajstić information content (AvgIpc) is 1.57. The topological polar surface area (TPSA) is 9.23 Å². The second-order valence-electron chi connectivity index (χ2n) is 1.88. The van der Waals surface area contributed by atoms with Gasteiger partial charge in [0.15, 0.2) is 0 Å². The van der Waals surface area contributed by atoms with Gasteiger partial charge < -0.3 is 4.18 Å². The van der Waals surface area contributed by atoms with Crippen molar-refractivity contribution in [2.45, 2.75) is 13.8 Å². The minimum absolute atomic E-state index is 0.803. The molecule has 70 valence electrons. The van der Waals surface area contributed by atoms with Gasteiger partial charge in [0.05, 0.1) is 0 Å². The number of rotatable bonds is 2.